The Balaban J connectivity index is 2.07. The molecular weight excluding hydrogens is 354 g/mol. The molecule has 0 saturated carbocycles. The maximum Gasteiger partial charge on any atom is 0.310 e. The number of nitrogens with zero attached hydrogens (tertiary/aromatic N) is 2. The van der Waals surface area contributed by atoms with E-state index in [-0.39, 0.29) is 29.2 Å². The van der Waals surface area contributed by atoms with Crippen LogP contribution in [0, 0.1) is 16.0 Å². The zero-order valence-electron chi connectivity index (χ0n) is 15.8. The van der Waals surface area contributed by atoms with Crippen LogP contribution in [0.3, 0.4) is 0 Å². The first-order chi connectivity index (χ1) is 12.9. The molecule has 0 aromatic heterocycles. The van der Waals surface area contributed by atoms with Crippen LogP contribution in [0.15, 0.2) is 18.2 Å². The number of nitro groups is 1. The molecule has 1 aromatic carbocycles. The second kappa shape index (κ2) is 9.31. The summed E-state index contributed by atoms with van der Waals surface area (Å²) in [6, 6.07) is 3.71. The summed E-state index contributed by atoms with van der Waals surface area (Å²) < 4.78 is 10.1. The van der Waals surface area contributed by atoms with Gasteiger partial charge in [0.05, 0.1) is 36.7 Å². The Morgan fingerprint density at radius 3 is 2.81 bits per heavy atom. The zero-order chi connectivity index (χ0) is 20.0. The molecule has 2 atom stereocenters. The van der Waals surface area contributed by atoms with Crippen LogP contribution in [0.4, 0.5) is 11.4 Å². The quantitative estimate of drug-likeness (QED) is 0.439. The Morgan fingerprint density at radius 1 is 1.44 bits per heavy atom. The van der Waals surface area contributed by atoms with Crippen LogP contribution in [-0.4, -0.2) is 54.5 Å². The van der Waals surface area contributed by atoms with E-state index in [1.165, 1.54) is 19.2 Å². The molecule has 1 aliphatic heterocycles. The van der Waals surface area contributed by atoms with E-state index in [9.17, 15) is 19.7 Å². The van der Waals surface area contributed by atoms with Crippen molar-refractivity contribution in [3.8, 4) is 5.75 Å². The molecule has 0 spiro atoms. The number of hydrogen-bond acceptors (Lipinski definition) is 7. The van der Waals surface area contributed by atoms with Crippen molar-refractivity contribution < 1.29 is 24.0 Å². The lowest BCUT2D eigenvalue weighted by Crippen LogP contribution is -2.48. The Kier molecular flexibility index (Phi) is 7.12. The number of likely N-dealkylation sites (tertiary alicyclic amines) is 1. The van der Waals surface area contributed by atoms with Gasteiger partial charge in [0.15, 0.2) is 0 Å². The van der Waals surface area contributed by atoms with Gasteiger partial charge >= 0.3 is 5.97 Å². The van der Waals surface area contributed by atoms with E-state index in [1.54, 1.807) is 19.9 Å². The highest BCUT2D eigenvalue weighted by atomic mass is 16.6. The van der Waals surface area contributed by atoms with E-state index in [1.807, 2.05) is 4.90 Å². The van der Waals surface area contributed by atoms with Crippen LogP contribution in [0.25, 0.3) is 0 Å². The standard InChI is InChI=1S/C18H25N3O6/c1-4-27-18(23)13-6-5-9-20(11-13)12(2)17(22)19-15-8-7-14(26-3)10-16(15)21(24)25/h7-8,10,12-13H,4-6,9,11H2,1-3H3,(H,19,22)/t12-,13+/m0/s1. The summed E-state index contributed by atoms with van der Waals surface area (Å²) in [4.78, 5) is 37.2. The van der Waals surface area contributed by atoms with Crippen molar-refractivity contribution in [3.05, 3.63) is 28.3 Å². The van der Waals surface area contributed by atoms with Gasteiger partial charge in [-0.1, -0.05) is 0 Å². The van der Waals surface area contributed by atoms with Gasteiger partial charge in [-0.3, -0.25) is 24.6 Å². The van der Waals surface area contributed by atoms with Gasteiger partial charge < -0.3 is 14.8 Å². The molecule has 9 heteroatoms. The highest BCUT2D eigenvalue weighted by Gasteiger charge is 2.32. The number of rotatable bonds is 7. The summed E-state index contributed by atoms with van der Waals surface area (Å²) in [5.41, 5.74) is -0.130. The number of amides is 1. The molecule has 2 rings (SSSR count). The number of methoxy groups -OCH3 is 1. The number of nitro benzene ring substituents is 1. The Morgan fingerprint density at radius 2 is 2.19 bits per heavy atom. The topological polar surface area (TPSA) is 111 Å². The van der Waals surface area contributed by atoms with Crippen LogP contribution >= 0.6 is 0 Å². The van der Waals surface area contributed by atoms with E-state index in [0.29, 0.717) is 25.4 Å². The van der Waals surface area contributed by atoms with Crippen molar-refractivity contribution in [2.45, 2.75) is 32.7 Å². The Hall–Kier alpha value is -2.68. The molecule has 1 aromatic rings. The number of nitrogens with one attached hydrogen (secondary N) is 1. The average molecular weight is 379 g/mol. The first kappa shape index (κ1) is 20.6. The van der Waals surface area contributed by atoms with Gasteiger partial charge in [-0.25, -0.2) is 0 Å². The summed E-state index contributed by atoms with van der Waals surface area (Å²) in [5, 5.41) is 13.9. The molecule has 1 aliphatic rings. The molecule has 0 bridgehead atoms. The molecule has 0 aliphatic carbocycles. The van der Waals surface area contributed by atoms with Crippen molar-refractivity contribution in [2.24, 2.45) is 5.92 Å². The average Bonchev–Trinajstić information content (AvgIpc) is 2.67. The van der Waals surface area contributed by atoms with Crippen LogP contribution in [0.1, 0.15) is 26.7 Å². The van der Waals surface area contributed by atoms with E-state index >= 15 is 0 Å². The molecule has 9 nitrogen and oxygen atoms in total. The maximum atomic E-state index is 12.6. The number of hydrogen-bond donors (Lipinski definition) is 1. The van der Waals surface area contributed by atoms with Gasteiger partial charge in [0, 0.05) is 6.54 Å². The minimum atomic E-state index is -0.569. The largest absolute Gasteiger partial charge is 0.496 e. The SMILES string of the molecule is CCOC(=O)[C@@H]1CCCN([C@@H](C)C(=O)Nc2ccc(OC)cc2[N+](=O)[O-])C1. The third-order valence-corrected chi connectivity index (χ3v) is 4.66. The van der Waals surface area contributed by atoms with Crippen LogP contribution < -0.4 is 10.1 Å². The number of carbonyl (C=O) groups is 2. The van der Waals surface area contributed by atoms with Crippen LogP contribution in [-0.2, 0) is 14.3 Å². The zero-order valence-corrected chi connectivity index (χ0v) is 15.8. The lowest BCUT2D eigenvalue weighted by Gasteiger charge is -2.35. The summed E-state index contributed by atoms with van der Waals surface area (Å²) >= 11 is 0. The molecule has 1 N–H and O–H groups in total. The molecule has 1 saturated heterocycles. The number of carbonyl (C=O) groups excluding carboxylic acids is 2. The van der Waals surface area contributed by atoms with E-state index in [2.05, 4.69) is 5.32 Å². The smallest absolute Gasteiger partial charge is 0.310 e. The van der Waals surface area contributed by atoms with Gasteiger partial charge in [-0.2, -0.15) is 0 Å². The third kappa shape index (κ3) is 5.16. The van der Waals surface area contributed by atoms with Crippen molar-refractivity contribution in [1.29, 1.82) is 0 Å². The first-order valence-corrected chi connectivity index (χ1v) is 8.91. The lowest BCUT2D eigenvalue weighted by atomic mass is 9.97. The third-order valence-electron chi connectivity index (χ3n) is 4.66. The highest BCUT2D eigenvalue weighted by molar-refractivity contribution is 5.96. The summed E-state index contributed by atoms with van der Waals surface area (Å²) in [5.74, 6) is -0.543. The fourth-order valence-electron chi connectivity index (χ4n) is 3.11. The second-order valence-electron chi connectivity index (χ2n) is 6.39. The van der Waals surface area contributed by atoms with E-state index in [4.69, 9.17) is 9.47 Å². The predicted octanol–water partition coefficient (Wildman–Crippen LogP) is 2.21. The summed E-state index contributed by atoms with van der Waals surface area (Å²) in [6.45, 7) is 4.91. The van der Waals surface area contributed by atoms with Crippen molar-refractivity contribution >= 4 is 23.3 Å². The minimum absolute atomic E-state index is 0.108. The molecule has 0 radical (unpaired) electrons. The first-order valence-electron chi connectivity index (χ1n) is 8.91. The molecule has 0 unspecified atom stereocenters. The maximum absolute atomic E-state index is 12.6. The summed E-state index contributed by atoms with van der Waals surface area (Å²) in [7, 11) is 1.41. The van der Waals surface area contributed by atoms with Crippen molar-refractivity contribution in [2.75, 3.05) is 32.1 Å². The molecule has 1 fully saturated rings. The minimum Gasteiger partial charge on any atom is -0.496 e. The molecule has 1 heterocycles. The number of ether oxygens (including phenoxy) is 2. The van der Waals surface area contributed by atoms with Crippen molar-refractivity contribution in [1.82, 2.24) is 4.90 Å². The fraction of sp³-hybridized carbons (Fsp3) is 0.556. The highest BCUT2D eigenvalue weighted by Crippen LogP contribution is 2.29. The summed E-state index contributed by atoms with van der Waals surface area (Å²) in [6.07, 6.45) is 1.51. The molecule has 27 heavy (non-hydrogen) atoms. The number of esters is 1. The van der Waals surface area contributed by atoms with Gasteiger partial charge in [-0.05, 0) is 45.4 Å². The second-order valence-corrected chi connectivity index (χ2v) is 6.39. The van der Waals surface area contributed by atoms with Gasteiger partial charge in [0.2, 0.25) is 5.91 Å². The Bertz CT molecular complexity index is 708. The fourth-order valence-corrected chi connectivity index (χ4v) is 3.11. The van der Waals surface area contributed by atoms with Crippen LogP contribution in [0.5, 0.6) is 5.75 Å². The van der Waals surface area contributed by atoms with Gasteiger partial charge in [0.25, 0.3) is 5.69 Å². The molecule has 1 amide bonds. The van der Waals surface area contributed by atoms with Gasteiger partial charge in [0.1, 0.15) is 11.4 Å². The molecular formula is C18H25N3O6. The number of anilines is 1. The van der Waals surface area contributed by atoms with Crippen molar-refractivity contribution in [3.63, 3.8) is 0 Å². The van der Waals surface area contributed by atoms with E-state index in [0.717, 1.165) is 12.8 Å². The predicted molar refractivity (Wildman–Crippen MR) is 98.7 cm³/mol. The van der Waals surface area contributed by atoms with E-state index < -0.39 is 11.0 Å². The van der Waals surface area contributed by atoms with Gasteiger partial charge in [-0.15, -0.1) is 0 Å². The number of piperidine rings is 1. The number of benzene rings is 1. The Labute approximate surface area is 157 Å². The van der Waals surface area contributed by atoms with Crippen LogP contribution in [0.2, 0.25) is 0 Å². The molecule has 148 valence electrons. The monoisotopic (exact) mass is 379 g/mol. The lowest BCUT2D eigenvalue weighted by molar-refractivity contribution is -0.384. The normalized spacial score (nSPS) is 18.4.